The maximum absolute atomic E-state index is 11.5. The minimum absolute atomic E-state index is 0.253. The first-order valence-corrected chi connectivity index (χ1v) is 13.2. The van der Waals surface area contributed by atoms with Crippen LogP contribution >= 0.6 is 0 Å². The van der Waals surface area contributed by atoms with Crippen LogP contribution < -0.4 is 4.90 Å². The third-order valence-corrected chi connectivity index (χ3v) is 7.94. The van der Waals surface area contributed by atoms with Crippen molar-refractivity contribution in [2.75, 3.05) is 31.6 Å². The Morgan fingerprint density at radius 1 is 1.22 bits per heavy atom. The van der Waals surface area contributed by atoms with Gasteiger partial charge in [-0.25, -0.2) is 9.78 Å². The number of piperidine rings is 1. The normalized spacial score (nSPS) is 17.7. The van der Waals surface area contributed by atoms with E-state index in [9.17, 15) is 9.59 Å². The third-order valence-electron chi connectivity index (χ3n) is 7.94. The van der Waals surface area contributed by atoms with Gasteiger partial charge in [-0.15, -0.1) is 0 Å². The molecule has 37 heavy (non-hydrogen) atoms. The van der Waals surface area contributed by atoms with Crippen molar-refractivity contribution in [1.82, 2.24) is 14.5 Å². The molecular formula is C29H36N4O4. The lowest BCUT2D eigenvalue weighted by Gasteiger charge is -2.42. The van der Waals surface area contributed by atoms with Crippen LogP contribution in [0.2, 0.25) is 0 Å². The SMILES string of the molecule is CC(C)n1cc(CN2CCC(CN(C)c3ccc(C(=O)O)cc3)(OC=O)CC2)c2c(C3CC3)ccnc21. The van der Waals surface area contributed by atoms with E-state index in [2.05, 4.69) is 35.6 Å². The van der Waals surface area contributed by atoms with Gasteiger partial charge in [-0.2, -0.15) is 0 Å². The molecule has 1 aliphatic heterocycles. The molecule has 3 aromatic rings. The van der Waals surface area contributed by atoms with Crippen LogP contribution in [-0.4, -0.2) is 64.3 Å². The Balaban J connectivity index is 1.31. The highest BCUT2D eigenvalue weighted by Gasteiger charge is 2.38. The number of carboxylic acids is 1. The molecule has 2 aliphatic rings. The average Bonchev–Trinajstić information content (AvgIpc) is 3.67. The molecule has 1 aromatic carbocycles. The number of carboxylic acid groups (broad SMARTS) is 1. The van der Waals surface area contributed by atoms with E-state index in [0.29, 0.717) is 25.0 Å². The summed E-state index contributed by atoms with van der Waals surface area (Å²) < 4.78 is 8.03. The number of carbonyl (C=O) groups excluding carboxylic acids is 1. The molecule has 0 bridgehead atoms. The zero-order valence-corrected chi connectivity index (χ0v) is 21.9. The molecule has 0 unspecified atom stereocenters. The summed E-state index contributed by atoms with van der Waals surface area (Å²) in [6.07, 6.45) is 8.23. The van der Waals surface area contributed by atoms with Gasteiger partial charge >= 0.3 is 5.97 Å². The maximum Gasteiger partial charge on any atom is 0.335 e. The second-order valence-electron chi connectivity index (χ2n) is 10.9. The average molecular weight is 505 g/mol. The first-order valence-electron chi connectivity index (χ1n) is 13.2. The number of likely N-dealkylation sites (N-methyl/N-ethyl adjacent to an activating group) is 1. The summed E-state index contributed by atoms with van der Waals surface area (Å²) in [4.78, 5) is 31.9. The molecule has 1 saturated heterocycles. The van der Waals surface area contributed by atoms with E-state index in [-0.39, 0.29) is 5.56 Å². The fourth-order valence-electron chi connectivity index (χ4n) is 5.69. The van der Waals surface area contributed by atoms with Crippen LogP contribution in [-0.2, 0) is 16.1 Å². The molecule has 8 nitrogen and oxygen atoms in total. The van der Waals surface area contributed by atoms with Crippen LogP contribution in [0.3, 0.4) is 0 Å². The zero-order chi connectivity index (χ0) is 26.2. The van der Waals surface area contributed by atoms with Crippen molar-refractivity contribution in [2.45, 2.75) is 63.6 Å². The second-order valence-corrected chi connectivity index (χ2v) is 10.9. The Kier molecular flexibility index (Phi) is 6.94. The summed E-state index contributed by atoms with van der Waals surface area (Å²) in [6, 6.07) is 9.33. The van der Waals surface area contributed by atoms with E-state index in [0.717, 1.165) is 43.8 Å². The van der Waals surface area contributed by atoms with Gasteiger partial charge in [-0.05, 0) is 74.1 Å². The molecule has 8 heteroatoms. The first-order chi connectivity index (χ1) is 17.8. The number of aromatic carboxylic acids is 1. The van der Waals surface area contributed by atoms with Crippen LogP contribution in [0.25, 0.3) is 11.0 Å². The maximum atomic E-state index is 11.5. The van der Waals surface area contributed by atoms with Crippen molar-refractivity contribution in [2.24, 2.45) is 0 Å². The molecule has 0 spiro atoms. The quantitative estimate of drug-likeness (QED) is 0.396. The number of hydrogen-bond donors (Lipinski definition) is 1. The summed E-state index contributed by atoms with van der Waals surface area (Å²) in [5.74, 6) is -0.291. The fraction of sp³-hybridized carbons (Fsp3) is 0.483. The summed E-state index contributed by atoms with van der Waals surface area (Å²) >= 11 is 0. The Hall–Kier alpha value is -3.39. The van der Waals surface area contributed by atoms with E-state index in [4.69, 9.17) is 14.8 Å². The van der Waals surface area contributed by atoms with Gasteiger partial charge < -0.3 is 19.3 Å². The van der Waals surface area contributed by atoms with Gasteiger partial charge in [0, 0.05) is 69.0 Å². The number of aromatic nitrogens is 2. The number of benzene rings is 1. The number of likely N-dealkylation sites (tertiary alicyclic amines) is 1. The third kappa shape index (κ3) is 5.21. The van der Waals surface area contributed by atoms with Crippen molar-refractivity contribution >= 4 is 29.2 Å². The van der Waals surface area contributed by atoms with Crippen LogP contribution in [0.15, 0.2) is 42.7 Å². The van der Waals surface area contributed by atoms with Crippen molar-refractivity contribution < 1.29 is 19.4 Å². The van der Waals surface area contributed by atoms with E-state index < -0.39 is 11.6 Å². The van der Waals surface area contributed by atoms with Crippen LogP contribution in [0.1, 0.15) is 73.0 Å². The molecule has 1 aliphatic carbocycles. The number of rotatable bonds is 10. The minimum atomic E-state index is -0.945. The van der Waals surface area contributed by atoms with Crippen LogP contribution in [0.4, 0.5) is 5.69 Å². The Morgan fingerprint density at radius 2 is 1.92 bits per heavy atom. The predicted molar refractivity (Wildman–Crippen MR) is 143 cm³/mol. The molecule has 196 valence electrons. The molecule has 1 saturated carbocycles. The van der Waals surface area contributed by atoms with Gasteiger partial charge in [0.15, 0.2) is 0 Å². The number of hydrogen-bond acceptors (Lipinski definition) is 6. The number of ether oxygens (including phenoxy) is 1. The van der Waals surface area contributed by atoms with Gasteiger partial charge in [0.25, 0.3) is 6.47 Å². The van der Waals surface area contributed by atoms with Crippen LogP contribution in [0.5, 0.6) is 0 Å². The molecule has 0 amide bonds. The largest absolute Gasteiger partial charge is 0.478 e. The summed E-state index contributed by atoms with van der Waals surface area (Å²) in [5, 5.41) is 10.5. The van der Waals surface area contributed by atoms with Gasteiger partial charge in [0.1, 0.15) is 11.2 Å². The molecule has 1 N–H and O–H groups in total. The number of nitrogens with zero attached hydrogens (tertiary/aromatic N) is 4. The minimum Gasteiger partial charge on any atom is -0.478 e. The van der Waals surface area contributed by atoms with Gasteiger partial charge in [-0.3, -0.25) is 9.69 Å². The number of anilines is 1. The second kappa shape index (κ2) is 10.2. The molecule has 0 radical (unpaired) electrons. The van der Waals surface area contributed by atoms with Gasteiger partial charge in [-0.1, -0.05) is 0 Å². The molecule has 3 heterocycles. The molecule has 0 atom stereocenters. The van der Waals surface area contributed by atoms with E-state index in [1.807, 2.05) is 18.1 Å². The lowest BCUT2D eigenvalue weighted by Crippen LogP contribution is -2.51. The lowest BCUT2D eigenvalue weighted by molar-refractivity contribution is -0.147. The van der Waals surface area contributed by atoms with E-state index in [1.54, 1.807) is 24.3 Å². The molecular weight excluding hydrogens is 468 g/mol. The number of fused-ring (bicyclic) bond motifs is 1. The number of carbonyl (C=O) groups is 2. The van der Waals surface area contributed by atoms with Gasteiger partial charge in [0.05, 0.1) is 12.1 Å². The highest BCUT2D eigenvalue weighted by atomic mass is 16.5. The lowest BCUT2D eigenvalue weighted by atomic mass is 9.90. The zero-order valence-electron chi connectivity index (χ0n) is 21.9. The molecule has 5 rings (SSSR count). The van der Waals surface area contributed by atoms with Crippen molar-refractivity contribution in [3.8, 4) is 0 Å². The highest BCUT2D eigenvalue weighted by Crippen LogP contribution is 2.44. The van der Waals surface area contributed by atoms with E-state index in [1.165, 1.54) is 29.4 Å². The predicted octanol–water partition coefficient (Wildman–Crippen LogP) is 4.84. The molecule has 2 fully saturated rings. The topological polar surface area (TPSA) is 87.9 Å². The smallest absolute Gasteiger partial charge is 0.335 e. The van der Waals surface area contributed by atoms with Crippen molar-refractivity contribution in [3.05, 3.63) is 59.4 Å². The van der Waals surface area contributed by atoms with Crippen molar-refractivity contribution in [3.63, 3.8) is 0 Å². The summed E-state index contributed by atoms with van der Waals surface area (Å²) in [6.45, 7) is 8.03. The van der Waals surface area contributed by atoms with Crippen LogP contribution in [0, 0.1) is 0 Å². The summed E-state index contributed by atoms with van der Waals surface area (Å²) in [7, 11) is 1.95. The molecule has 2 aromatic heterocycles. The number of pyridine rings is 1. The monoisotopic (exact) mass is 504 g/mol. The Bertz CT molecular complexity index is 1270. The van der Waals surface area contributed by atoms with Crippen molar-refractivity contribution in [1.29, 1.82) is 0 Å². The standard InChI is InChI=1S/C29H36N4O4/c1-20(2)33-17-23(26-25(21-4-5-21)10-13-30-27(26)33)16-32-14-11-29(12-15-32,37-19-34)18-31(3)24-8-6-22(7-9-24)28(35)36/h6-10,13,17,19-21H,4-5,11-12,14-16,18H2,1-3H3,(H,35,36). The fourth-order valence-corrected chi connectivity index (χ4v) is 5.69. The Labute approximate surface area is 217 Å². The first kappa shape index (κ1) is 25.3. The summed E-state index contributed by atoms with van der Waals surface area (Å²) in [5.41, 5.74) is 4.42. The Morgan fingerprint density at radius 3 is 2.51 bits per heavy atom. The van der Waals surface area contributed by atoms with Gasteiger partial charge in [0.2, 0.25) is 0 Å². The van der Waals surface area contributed by atoms with E-state index >= 15 is 0 Å². The highest BCUT2D eigenvalue weighted by molar-refractivity contribution is 5.88.